The van der Waals surface area contributed by atoms with Crippen molar-refractivity contribution in [3.8, 4) is 22.8 Å². The molecule has 0 spiro atoms. The molecule has 6 nitrogen and oxygen atoms in total. The summed E-state index contributed by atoms with van der Waals surface area (Å²) in [6, 6.07) is 19.4. The summed E-state index contributed by atoms with van der Waals surface area (Å²) < 4.78 is 7.45. The number of ether oxygens (including phenoxy) is 1. The van der Waals surface area contributed by atoms with Gasteiger partial charge in [0, 0.05) is 24.4 Å². The van der Waals surface area contributed by atoms with Gasteiger partial charge in [-0.2, -0.15) is 4.52 Å². The normalized spacial score (nSPS) is 10.8. The Morgan fingerprint density at radius 1 is 1.00 bits per heavy atom. The van der Waals surface area contributed by atoms with Gasteiger partial charge in [0.15, 0.2) is 5.65 Å². The number of rotatable bonds is 4. The van der Waals surface area contributed by atoms with Crippen LogP contribution in [0.2, 0.25) is 5.28 Å². The fourth-order valence-corrected chi connectivity index (χ4v) is 2.69. The van der Waals surface area contributed by atoms with Crippen LogP contribution in [0.3, 0.4) is 0 Å². The Hall–Kier alpha value is -3.12. The van der Waals surface area contributed by atoms with Crippen LogP contribution in [0.1, 0.15) is 0 Å². The van der Waals surface area contributed by atoms with E-state index in [2.05, 4.69) is 20.6 Å². The van der Waals surface area contributed by atoms with Gasteiger partial charge in [0.25, 0.3) is 0 Å². The van der Waals surface area contributed by atoms with E-state index < -0.39 is 0 Å². The van der Waals surface area contributed by atoms with E-state index >= 15 is 0 Å². The van der Waals surface area contributed by atoms with Crippen molar-refractivity contribution >= 4 is 22.9 Å². The molecule has 0 aliphatic carbocycles. The Kier molecular flexibility index (Phi) is 3.95. The molecule has 2 aromatic heterocycles. The fourth-order valence-electron chi connectivity index (χ4n) is 2.53. The number of anilines is 1. The van der Waals surface area contributed by atoms with Gasteiger partial charge >= 0.3 is 0 Å². The van der Waals surface area contributed by atoms with Crippen molar-refractivity contribution in [3.63, 3.8) is 0 Å². The molecule has 0 aliphatic rings. The number of aromatic nitrogens is 4. The first-order chi connectivity index (χ1) is 12.2. The van der Waals surface area contributed by atoms with Gasteiger partial charge in [-0.15, -0.1) is 15.3 Å². The Morgan fingerprint density at radius 3 is 2.64 bits per heavy atom. The molecule has 4 aromatic rings. The fraction of sp³-hybridized carbons (Fsp3) is 0.0556. The predicted octanol–water partition coefficient (Wildman–Crippen LogP) is 4.28. The standard InChI is InChI=1S/C18H14ClN5O/c1-20-13-7-8-15(14(11-13)12-5-3-2-4-6-12)25-17-10-9-16-21-22-18(19)24(16)23-17/h2-11,20H,1H3. The van der Waals surface area contributed by atoms with Crippen LogP contribution in [-0.4, -0.2) is 26.9 Å². The third-order valence-corrected chi connectivity index (χ3v) is 4.00. The molecule has 2 heterocycles. The Morgan fingerprint density at radius 2 is 1.84 bits per heavy atom. The van der Waals surface area contributed by atoms with Gasteiger partial charge in [-0.1, -0.05) is 30.3 Å². The summed E-state index contributed by atoms with van der Waals surface area (Å²) in [5.74, 6) is 1.10. The summed E-state index contributed by atoms with van der Waals surface area (Å²) in [5.41, 5.74) is 3.57. The number of benzene rings is 2. The van der Waals surface area contributed by atoms with E-state index in [-0.39, 0.29) is 5.28 Å². The molecule has 7 heteroatoms. The number of fused-ring (bicyclic) bond motifs is 1. The highest BCUT2D eigenvalue weighted by atomic mass is 35.5. The first-order valence-corrected chi connectivity index (χ1v) is 8.05. The van der Waals surface area contributed by atoms with Crippen LogP contribution < -0.4 is 10.1 Å². The second kappa shape index (κ2) is 6.41. The van der Waals surface area contributed by atoms with Gasteiger partial charge in [-0.25, -0.2) is 0 Å². The smallest absolute Gasteiger partial charge is 0.246 e. The van der Waals surface area contributed by atoms with E-state index in [1.807, 2.05) is 55.6 Å². The van der Waals surface area contributed by atoms with E-state index in [4.69, 9.17) is 16.3 Å². The minimum atomic E-state index is 0.189. The topological polar surface area (TPSA) is 64.3 Å². The Balaban J connectivity index is 1.77. The highest BCUT2D eigenvalue weighted by molar-refractivity contribution is 6.28. The summed E-state index contributed by atoms with van der Waals surface area (Å²) in [6.45, 7) is 0. The SMILES string of the molecule is CNc1ccc(Oc2ccc3nnc(Cl)n3n2)c(-c2ccccc2)c1. The number of hydrogen-bond acceptors (Lipinski definition) is 5. The summed E-state index contributed by atoms with van der Waals surface area (Å²) in [4.78, 5) is 0. The lowest BCUT2D eigenvalue weighted by molar-refractivity contribution is 0.454. The average molecular weight is 352 g/mol. The quantitative estimate of drug-likeness (QED) is 0.594. The first-order valence-electron chi connectivity index (χ1n) is 7.67. The van der Waals surface area contributed by atoms with E-state index in [0.717, 1.165) is 16.8 Å². The first kappa shape index (κ1) is 15.4. The Bertz CT molecular complexity index is 1030. The summed E-state index contributed by atoms with van der Waals surface area (Å²) >= 11 is 5.98. The number of hydrogen-bond donors (Lipinski definition) is 1. The minimum absolute atomic E-state index is 0.189. The van der Waals surface area contributed by atoms with Gasteiger partial charge in [-0.05, 0) is 41.4 Å². The molecular weight excluding hydrogens is 338 g/mol. The molecular formula is C18H14ClN5O. The number of nitrogens with zero attached hydrogens (tertiary/aromatic N) is 4. The lowest BCUT2D eigenvalue weighted by Gasteiger charge is -2.13. The van der Waals surface area contributed by atoms with E-state index in [0.29, 0.717) is 17.3 Å². The summed E-state index contributed by atoms with van der Waals surface area (Å²) in [7, 11) is 1.88. The molecule has 0 fully saturated rings. The number of nitrogens with one attached hydrogen (secondary N) is 1. The molecule has 0 saturated heterocycles. The molecule has 25 heavy (non-hydrogen) atoms. The van der Waals surface area contributed by atoms with Crippen molar-refractivity contribution in [1.29, 1.82) is 0 Å². The van der Waals surface area contributed by atoms with Crippen LogP contribution in [0.15, 0.2) is 60.7 Å². The molecule has 0 aliphatic heterocycles. The molecule has 0 bridgehead atoms. The molecule has 0 atom stereocenters. The van der Waals surface area contributed by atoms with Crippen LogP contribution >= 0.6 is 11.6 Å². The summed E-state index contributed by atoms with van der Waals surface area (Å²) in [5, 5.41) is 15.4. The molecule has 2 aromatic carbocycles. The molecule has 4 rings (SSSR count). The molecule has 0 unspecified atom stereocenters. The van der Waals surface area contributed by atoms with E-state index in [1.54, 1.807) is 12.1 Å². The van der Waals surface area contributed by atoms with Gasteiger partial charge in [0.1, 0.15) is 5.75 Å². The van der Waals surface area contributed by atoms with Crippen LogP contribution in [0.4, 0.5) is 5.69 Å². The largest absolute Gasteiger partial charge is 0.437 e. The van der Waals surface area contributed by atoms with Crippen molar-refractivity contribution in [2.45, 2.75) is 0 Å². The Labute approximate surface area is 149 Å². The average Bonchev–Trinajstić information content (AvgIpc) is 3.03. The summed E-state index contributed by atoms with van der Waals surface area (Å²) in [6.07, 6.45) is 0. The van der Waals surface area contributed by atoms with Crippen molar-refractivity contribution in [3.05, 3.63) is 65.9 Å². The second-order valence-electron chi connectivity index (χ2n) is 5.34. The highest BCUT2D eigenvalue weighted by Crippen LogP contribution is 2.35. The van der Waals surface area contributed by atoms with Crippen LogP contribution in [0.25, 0.3) is 16.8 Å². The van der Waals surface area contributed by atoms with Gasteiger partial charge in [0.2, 0.25) is 11.2 Å². The molecule has 0 amide bonds. The van der Waals surface area contributed by atoms with Crippen LogP contribution in [-0.2, 0) is 0 Å². The van der Waals surface area contributed by atoms with Crippen LogP contribution in [0, 0.1) is 0 Å². The minimum Gasteiger partial charge on any atom is -0.437 e. The second-order valence-corrected chi connectivity index (χ2v) is 5.68. The molecule has 1 N–H and O–H groups in total. The monoisotopic (exact) mass is 351 g/mol. The molecule has 0 saturated carbocycles. The van der Waals surface area contributed by atoms with Crippen molar-refractivity contribution in [2.24, 2.45) is 0 Å². The predicted molar refractivity (Wildman–Crippen MR) is 97.3 cm³/mol. The zero-order valence-electron chi connectivity index (χ0n) is 13.3. The third kappa shape index (κ3) is 2.99. The van der Waals surface area contributed by atoms with Crippen molar-refractivity contribution in [1.82, 2.24) is 19.8 Å². The van der Waals surface area contributed by atoms with E-state index in [9.17, 15) is 0 Å². The van der Waals surface area contributed by atoms with Crippen molar-refractivity contribution < 1.29 is 4.74 Å². The molecule has 124 valence electrons. The number of halogens is 1. The van der Waals surface area contributed by atoms with Gasteiger partial charge in [0.05, 0.1) is 0 Å². The maximum absolute atomic E-state index is 6.02. The maximum Gasteiger partial charge on any atom is 0.246 e. The zero-order valence-corrected chi connectivity index (χ0v) is 14.1. The third-order valence-electron chi connectivity index (χ3n) is 3.77. The lowest BCUT2D eigenvalue weighted by Crippen LogP contribution is -1.97. The lowest BCUT2D eigenvalue weighted by atomic mass is 10.0. The maximum atomic E-state index is 6.02. The molecule has 0 radical (unpaired) electrons. The van der Waals surface area contributed by atoms with E-state index in [1.165, 1.54) is 4.52 Å². The van der Waals surface area contributed by atoms with Gasteiger partial charge < -0.3 is 10.1 Å². The van der Waals surface area contributed by atoms with Crippen molar-refractivity contribution in [2.75, 3.05) is 12.4 Å². The van der Waals surface area contributed by atoms with Gasteiger partial charge in [-0.3, -0.25) is 0 Å². The highest BCUT2D eigenvalue weighted by Gasteiger charge is 2.11. The zero-order chi connectivity index (χ0) is 17.2. The van der Waals surface area contributed by atoms with Crippen LogP contribution in [0.5, 0.6) is 11.6 Å².